The summed E-state index contributed by atoms with van der Waals surface area (Å²) < 4.78 is 22.5. The van der Waals surface area contributed by atoms with Gasteiger partial charge in [-0.25, -0.2) is 14.3 Å². The summed E-state index contributed by atoms with van der Waals surface area (Å²) in [7, 11) is 2.45. The van der Waals surface area contributed by atoms with Crippen LogP contribution < -0.4 is 9.47 Å². The number of esters is 2. The van der Waals surface area contributed by atoms with Crippen molar-refractivity contribution in [2.75, 3.05) is 27.4 Å². The Hall–Kier alpha value is -3.52. The van der Waals surface area contributed by atoms with Crippen LogP contribution in [0.25, 0.3) is 16.9 Å². The first kappa shape index (κ1) is 23.1. The van der Waals surface area contributed by atoms with E-state index in [1.165, 1.54) is 18.9 Å². The average molecular weight is 459 g/mol. The molecule has 0 aliphatic heterocycles. The van der Waals surface area contributed by atoms with Crippen molar-refractivity contribution >= 4 is 23.5 Å². The number of rotatable bonds is 8. The van der Waals surface area contributed by atoms with Crippen LogP contribution in [0.4, 0.5) is 0 Å². The molecule has 0 aliphatic carbocycles. The van der Waals surface area contributed by atoms with Crippen molar-refractivity contribution in [1.29, 1.82) is 0 Å². The Morgan fingerprint density at radius 1 is 0.938 bits per heavy atom. The third-order valence-electron chi connectivity index (χ3n) is 4.54. The lowest BCUT2D eigenvalue weighted by molar-refractivity contribution is 0.0549. The highest BCUT2D eigenvalue weighted by Crippen LogP contribution is 2.40. The maximum Gasteiger partial charge on any atom is 0.357 e. The number of para-hydroxylation sites is 1. The standard InChI is InChI=1S/C23H23ClN2O6/c1-5-31-17-12-15(16(24)13-18(17)32-6-2)20-19(22(27)29-3)21(23(28)30-4)26(25-20)14-10-8-7-9-11-14/h7-13H,5-6H2,1-4H3. The molecule has 32 heavy (non-hydrogen) atoms. The molecule has 0 atom stereocenters. The lowest BCUT2D eigenvalue weighted by Crippen LogP contribution is -2.15. The van der Waals surface area contributed by atoms with E-state index in [0.29, 0.717) is 36.0 Å². The zero-order chi connectivity index (χ0) is 23.3. The molecule has 1 heterocycles. The van der Waals surface area contributed by atoms with E-state index in [0.717, 1.165) is 0 Å². The zero-order valence-corrected chi connectivity index (χ0v) is 18.9. The number of nitrogens with zero attached hydrogens (tertiary/aromatic N) is 2. The van der Waals surface area contributed by atoms with Crippen molar-refractivity contribution in [1.82, 2.24) is 9.78 Å². The SMILES string of the molecule is CCOc1cc(Cl)c(-c2nn(-c3ccccc3)c(C(=O)OC)c2C(=O)OC)cc1OCC. The van der Waals surface area contributed by atoms with Gasteiger partial charge in [0, 0.05) is 11.6 Å². The van der Waals surface area contributed by atoms with Crippen molar-refractivity contribution in [2.24, 2.45) is 0 Å². The lowest BCUT2D eigenvalue weighted by Gasteiger charge is -2.13. The van der Waals surface area contributed by atoms with E-state index in [9.17, 15) is 9.59 Å². The predicted octanol–water partition coefficient (Wildman–Crippen LogP) is 4.56. The molecule has 0 spiro atoms. The second kappa shape index (κ2) is 10.2. The van der Waals surface area contributed by atoms with E-state index in [2.05, 4.69) is 5.10 Å². The van der Waals surface area contributed by atoms with Gasteiger partial charge in [0.15, 0.2) is 17.2 Å². The topological polar surface area (TPSA) is 88.9 Å². The van der Waals surface area contributed by atoms with E-state index in [4.69, 9.17) is 30.5 Å². The number of halogens is 1. The summed E-state index contributed by atoms with van der Waals surface area (Å²) in [4.78, 5) is 25.5. The molecule has 1 aromatic heterocycles. The highest BCUT2D eigenvalue weighted by Gasteiger charge is 2.32. The minimum Gasteiger partial charge on any atom is -0.490 e. The number of ether oxygens (including phenoxy) is 4. The fraction of sp³-hybridized carbons (Fsp3) is 0.261. The third-order valence-corrected chi connectivity index (χ3v) is 4.86. The number of hydrogen-bond acceptors (Lipinski definition) is 7. The van der Waals surface area contributed by atoms with Gasteiger partial charge < -0.3 is 18.9 Å². The maximum atomic E-state index is 12.8. The lowest BCUT2D eigenvalue weighted by atomic mass is 10.0. The largest absolute Gasteiger partial charge is 0.490 e. The number of hydrogen-bond donors (Lipinski definition) is 0. The average Bonchev–Trinajstić information content (AvgIpc) is 3.21. The molecule has 0 saturated carbocycles. The summed E-state index contributed by atoms with van der Waals surface area (Å²) in [6.07, 6.45) is 0. The molecule has 0 amide bonds. The third kappa shape index (κ3) is 4.40. The number of aromatic nitrogens is 2. The van der Waals surface area contributed by atoms with E-state index < -0.39 is 11.9 Å². The Balaban J connectivity index is 2.36. The van der Waals surface area contributed by atoms with Crippen LogP contribution in [0.1, 0.15) is 34.7 Å². The van der Waals surface area contributed by atoms with Crippen molar-refractivity contribution < 1.29 is 28.5 Å². The molecule has 0 unspecified atom stereocenters. The molecule has 9 heteroatoms. The van der Waals surface area contributed by atoms with Gasteiger partial charge in [-0.3, -0.25) is 0 Å². The maximum absolute atomic E-state index is 12.8. The first-order valence-electron chi connectivity index (χ1n) is 9.91. The van der Waals surface area contributed by atoms with Crippen LogP contribution >= 0.6 is 11.6 Å². The molecule has 0 aliphatic rings. The predicted molar refractivity (Wildman–Crippen MR) is 119 cm³/mol. The monoisotopic (exact) mass is 458 g/mol. The first-order valence-corrected chi connectivity index (χ1v) is 10.3. The van der Waals surface area contributed by atoms with E-state index >= 15 is 0 Å². The molecular formula is C23H23ClN2O6. The number of carbonyl (C=O) groups excluding carboxylic acids is 2. The van der Waals surface area contributed by atoms with Crippen LogP contribution in [-0.4, -0.2) is 49.2 Å². The molecule has 0 N–H and O–H groups in total. The molecule has 8 nitrogen and oxygen atoms in total. The minimum atomic E-state index is -0.759. The van der Waals surface area contributed by atoms with Gasteiger partial charge in [0.1, 0.15) is 11.3 Å². The number of carbonyl (C=O) groups is 2. The number of methoxy groups -OCH3 is 2. The van der Waals surface area contributed by atoms with Crippen LogP contribution in [0.5, 0.6) is 11.5 Å². The summed E-state index contributed by atoms with van der Waals surface area (Å²) in [5.74, 6) is -0.623. The smallest absolute Gasteiger partial charge is 0.357 e. The molecule has 0 fully saturated rings. The van der Waals surface area contributed by atoms with Gasteiger partial charge >= 0.3 is 11.9 Å². The van der Waals surface area contributed by atoms with Crippen LogP contribution in [0.3, 0.4) is 0 Å². The Labute approximate surface area is 190 Å². The minimum absolute atomic E-state index is 0.0725. The molecule has 168 valence electrons. The van der Waals surface area contributed by atoms with E-state index in [1.807, 2.05) is 19.9 Å². The van der Waals surface area contributed by atoms with Crippen molar-refractivity contribution in [3.8, 4) is 28.4 Å². The summed E-state index contributed by atoms with van der Waals surface area (Å²) in [5, 5.41) is 4.82. The van der Waals surface area contributed by atoms with E-state index in [1.54, 1.807) is 36.4 Å². The molecule has 3 aromatic rings. The molecular weight excluding hydrogens is 436 g/mol. The molecule has 0 radical (unpaired) electrons. The number of benzene rings is 2. The van der Waals surface area contributed by atoms with Crippen LogP contribution in [0.2, 0.25) is 5.02 Å². The van der Waals surface area contributed by atoms with Gasteiger partial charge in [-0.15, -0.1) is 0 Å². The second-order valence-electron chi connectivity index (χ2n) is 6.45. The summed E-state index contributed by atoms with van der Waals surface area (Å²) in [6.45, 7) is 4.48. The van der Waals surface area contributed by atoms with Gasteiger partial charge in [-0.05, 0) is 32.0 Å². The molecule has 0 bridgehead atoms. The van der Waals surface area contributed by atoms with Crippen LogP contribution in [0, 0.1) is 0 Å². The van der Waals surface area contributed by atoms with Crippen LogP contribution in [-0.2, 0) is 9.47 Å². The Kier molecular flexibility index (Phi) is 7.37. The fourth-order valence-electron chi connectivity index (χ4n) is 3.20. The van der Waals surface area contributed by atoms with Crippen molar-refractivity contribution in [3.05, 3.63) is 58.7 Å². The molecule has 2 aromatic carbocycles. The van der Waals surface area contributed by atoms with Gasteiger partial charge in [0.25, 0.3) is 0 Å². The first-order chi connectivity index (χ1) is 15.5. The highest BCUT2D eigenvalue weighted by molar-refractivity contribution is 6.33. The van der Waals surface area contributed by atoms with E-state index in [-0.39, 0.29) is 22.0 Å². The highest BCUT2D eigenvalue weighted by atomic mass is 35.5. The van der Waals surface area contributed by atoms with Crippen molar-refractivity contribution in [2.45, 2.75) is 13.8 Å². The quantitative estimate of drug-likeness (QED) is 0.457. The summed E-state index contributed by atoms with van der Waals surface area (Å²) in [5.41, 5.74) is 0.922. The molecule has 0 saturated heterocycles. The van der Waals surface area contributed by atoms with Crippen molar-refractivity contribution in [3.63, 3.8) is 0 Å². The van der Waals surface area contributed by atoms with Gasteiger partial charge in [-0.1, -0.05) is 29.8 Å². The normalized spacial score (nSPS) is 10.5. The summed E-state index contributed by atoms with van der Waals surface area (Å²) >= 11 is 6.56. The van der Waals surface area contributed by atoms with Gasteiger partial charge in [0.05, 0.1) is 38.1 Å². The van der Waals surface area contributed by atoms with Gasteiger partial charge in [-0.2, -0.15) is 5.10 Å². The summed E-state index contributed by atoms with van der Waals surface area (Å²) in [6, 6.07) is 12.1. The van der Waals surface area contributed by atoms with Crippen LogP contribution in [0.15, 0.2) is 42.5 Å². The van der Waals surface area contributed by atoms with Gasteiger partial charge in [0.2, 0.25) is 0 Å². The fourth-order valence-corrected chi connectivity index (χ4v) is 3.44. The zero-order valence-electron chi connectivity index (χ0n) is 18.2. The Morgan fingerprint density at radius 2 is 1.53 bits per heavy atom. The molecule has 3 rings (SSSR count). The Bertz CT molecular complexity index is 1130. The Morgan fingerprint density at radius 3 is 2.09 bits per heavy atom. The second-order valence-corrected chi connectivity index (χ2v) is 6.85.